The molecule has 1 amide bonds. The highest BCUT2D eigenvalue weighted by molar-refractivity contribution is 7.99. The monoisotopic (exact) mass is 435 g/mol. The summed E-state index contributed by atoms with van der Waals surface area (Å²) in [6.45, 7) is 7.22. The molecule has 2 heterocycles. The number of amides is 1. The number of sulfonamides is 1. The molecule has 2 aromatic rings. The second-order valence-corrected chi connectivity index (χ2v) is 10.7. The quantitative estimate of drug-likeness (QED) is 0.698. The molecule has 158 valence electrons. The molecule has 1 aromatic carbocycles. The molecule has 0 saturated carbocycles. The molecular formula is C21H29N3O3S2. The van der Waals surface area contributed by atoms with Crippen LogP contribution < -0.4 is 5.32 Å². The van der Waals surface area contributed by atoms with Crippen molar-refractivity contribution in [1.82, 2.24) is 14.6 Å². The van der Waals surface area contributed by atoms with Crippen LogP contribution >= 0.6 is 11.8 Å². The van der Waals surface area contributed by atoms with E-state index < -0.39 is 10.0 Å². The van der Waals surface area contributed by atoms with Gasteiger partial charge >= 0.3 is 0 Å². The molecule has 2 N–H and O–H groups in total. The molecule has 1 saturated heterocycles. The number of H-pyrrole nitrogens is 1. The van der Waals surface area contributed by atoms with Gasteiger partial charge in [0.05, 0.1) is 6.04 Å². The van der Waals surface area contributed by atoms with Crippen molar-refractivity contribution in [1.29, 1.82) is 0 Å². The zero-order valence-corrected chi connectivity index (χ0v) is 18.8. The summed E-state index contributed by atoms with van der Waals surface area (Å²) in [6.07, 6.45) is 2.38. The van der Waals surface area contributed by atoms with Gasteiger partial charge in [-0.05, 0) is 29.5 Å². The molecule has 3 rings (SSSR count). The lowest BCUT2D eigenvalue weighted by molar-refractivity contribution is 0.0921. The molecule has 1 unspecified atom stereocenters. The minimum absolute atomic E-state index is 0.142. The third-order valence-corrected chi connectivity index (χ3v) is 8.03. The fourth-order valence-corrected chi connectivity index (χ4v) is 5.98. The van der Waals surface area contributed by atoms with Crippen LogP contribution in [0, 0.1) is 5.92 Å². The van der Waals surface area contributed by atoms with Gasteiger partial charge in [-0.15, -0.1) is 0 Å². The predicted octanol–water partition coefficient (Wildman–Crippen LogP) is 3.44. The van der Waals surface area contributed by atoms with E-state index >= 15 is 0 Å². The van der Waals surface area contributed by atoms with E-state index in [0.29, 0.717) is 13.1 Å². The standard InChI is InChI=1S/C21H29N3O3S2/c1-4-16-5-7-17(8-6-16)20(15(2)3)23-21(25)19-13-18(14-22-19)29(26,27)24-9-11-28-12-10-24/h5-8,13-15,20,22H,4,9-12H2,1-3H3,(H,23,25). The van der Waals surface area contributed by atoms with Crippen LogP contribution in [0.15, 0.2) is 41.4 Å². The molecule has 0 spiro atoms. The van der Waals surface area contributed by atoms with E-state index in [1.165, 1.54) is 22.1 Å². The van der Waals surface area contributed by atoms with Crippen LogP contribution in [0.5, 0.6) is 0 Å². The Morgan fingerprint density at radius 2 is 1.86 bits per heavy atom. The van der Waals surface area contributed by atoms with E-state index in [9.17, 15) is 13.2 Å². The molecule has 29 heavy (non-hydrogen) atoms. The normalized spacial score (nSPS) is 16.7. The number of aromatic amines is 1. The number of hydrogen-bond donors (Lipinski definition) is 2. The summed E-state index contributed by atoms with van der Waals surface area (Å²) in [4.78, 5) is 15.8. The maximum atomic E-state index is 12.8. The van der Waals surface area contributed by atoms with Crippen molar-refractivity contribution < 1.29 is 13.2 Å². The lowest BCUT2D eigenvalue weighted by atomic mass is 9.94. The van der Waals surface area contributed by atoms with Crippen molar-refractivity contribution in [3.05, 3.63) is 53.3 Å². The molecular weight excluding hydrogens is 406 g/mol. The Balaban J connectivity index is 1.75. The van der Waals surface area contributed by atoms with E-state index in [0.717, 1.165) is 23.5 Å². The SMILES string of the molecule is CCc1ccc(C(NC(=O)c2cc(S(=O)(=O)N3CCSCC3)c[nH]2)C(C)C)cc1. The fourth-order valence-electron chi connectivity index (χ4n) is 3.41. The summed E-state index contributed by atoms with van der Waals surface area (Å²) in [5.41, 5.74) is 2.54. The van der Waals surface area contributed by atoms with E-state index in [4.69, 9.17) is 0 Å². The van der Waals surface area contributed by atoms with Gasteiger partial charge in [-0.1, -0.05) is 45.0 Å². The number of hydrogen-bond acceptors (Lipinski definition) is 4. The first kappa shape index (κ1) is 21.9. The minimum atomic E-state index is -3.57. The Labute approximate surface area is 177 Å². The third-order valence-electron chi connectivity index (χ3n) is 5.21. The second-order valence-electron chi connectivity index (χ2n) is 7.56. The van der Waals surface area contributed by atoms with Crippen molar-refractivity contribution in [2.45, 2.75) is 38.1 Å². The molecule has 1 aliphatic heterocycles. The van der Waals surface area contributed by atoms with Crippen molar-refractivity contribution in [2.24, 2.45) is 5.92 Å². The van der Waals surface area contributed by atoms with Gasteiger partial charge in [0.2, 0.25) is 10.0 Å². The first-order chi connectivity index (χ1) is 13.8. The van der Waals surface area contributed by atoms with Crippen LogP contribution in [-0.2, 0) is 16.4 Å². The number of carbonyl (C=O) groups excluding carboxylic acids is 1. The van der Waals surface area contributed by atoms with Crippen LogP contribution in [0.25, 0.3) is 0 Å². The van der Waals surface area contributed by atoms with Gasteiger partial charge < -0.3 is 10.3 Å². The highest BCUT2D eigenvalue weighted by Crippen LogP contribution is 2.24. The number of rotatable bonds is 7. The molecule has 1 aliphatic rings. The predicted molar refractivity (Wildman–Crippen MR) is 118 cm³/mol. The minimum Gasteiger partial charge on any atom is -0.356 e. The van der Waals surface area contributed by atoms with E-state index in [1.54, 1.807) is 11.8 Å². The van der Waals surface area contributed by atoms with Crippen LogP contribution in [0.4, 0.5) is 0 Å². The van der Waals surface area contributed by atoms with Crippen molar-refractivity contribution in [3.63, 3.8) is 0 Å². The average Bonchev–Trinajstić information content (AvgIpc) is 3.24. The first-order valence-corrected chi connectivity index (χ1v) is 12.6. The zero-order valence-electron chi connectivity index (χ0n) is 17.1. The summed E-state index contributed by atoms with van der Waals surface area (Å²) < 4.78 is 27.1. The van der Waals surface area contributed by atoms with E-state index in [1.807, 2.05) is 12.1 Å². The summed E-state index contributed by atoms with van der Waals surface area (Å²) >= 11 is 1.75. The smallest absolute Gasteiger partial charge is 0.268 e. The Hall–Kier alpha value is -1.77. The number of carbonyl (C=O) groups is 1. The molecule has 0 aliphatic carbocycles. The number of benzene rings is 1. The van der Waals surface area contributed by atoms with Gasteiger partial charge in [0.25, 0.3) is 5.91 Å². The van der Waals surface area contributed by atoms with Gasteiger partial charge in [-0.25, -0.2) is 8.42 Å². The number of aromatic nitrogens is 1. The third kappa shape index (κ3) is 5.05. The Morgan fingerprint density at radius 1 is 1.21 bits per heavy atom. The average molecular weight is 436 g/mol. The number of aryl methyl sites for hydroxylation is 1. The fraction of sp³-hybridized carbons (Fsp3) is 0.476. The molecule has 1 atom stereocenters. The molecule has 0 radical (unpaired) electrons. The van der Waals surface area contributed by atoms with Crippen molar-refractivity contribution >= 4 is 27.7 Å². The van der Waals surface area contributed by atoms with Gasteiger partial charge in [-0.2, -0.15) is 16.1 Å². The van der Waals surface area contributed by atoms with Gasteiger partial charge in [0, 0.05) is 30.8 Å². The summed E-state index contributed by atoms with van der Waals surface area (Å²) in [6, 6.07) is 9.52. The van der Waals surface area contributed by atoms with Crippen LogP contribution in [-0.4, -0.2) is 48.2 Å². The highest BCUT2D eigenvalue weighted by Gasteiger charge is 2.28. The van der Waals surface area contributed by atoms with Gasteiger partial charge in [0.15, 0.2) is 0 Å². The highest BCUT2D eigenvalue weighted by atomic mass is 32.2. The summed E-state index contributed by atoms with van der Waals surface area (Å²) in [5, 5.41) is 3.05. The molecule has 8 heteroatoms. The Kier molecular flexibility index (Phi) is 7.08. The van der Waals surface area contributed by atoms with E-state index in [2.05, 4.69) is 43.2 Å². The zero-order chi connectivity index (χ0) is 21.0. The number of thioether (sulfide) groups is 1. The van der Waals surface area contributed by atoms with Crippen LogP contribution in [0.2, 0.25) is 0 Å². The van der Waals surface area contributed by atoms with Gasteiger partial charge in [0.1, 0.15) is 10.6 Å². The maximum Gasteiger partial charge on any atom is 0.268 e. The Morgan fingerprint density at radius 3 is 2.45 bits per heavy atom. The largest absolute Gasteiger partial charge is 0.356 e. The second kappa shape index (κ2) is 9.36. The van der Waals surface area contributed by atoms with Crippen molar-refractivity contribution in [3.8, 4) is 0 Å². The number of nitrogens with one attached hydrogen (secondary N) is 2. The van der Waals surface area contributed by atoms with Gasteiger partial charge in [-0.3, -0.25) is 4.79 Å². The number of nitrogens with zero attached hydrogens (tertiary/aromatic N) is 1. The van der Waals surface area contributed by atoms with Crippen molar-refractivity contribution in [2.75, 3.05) is 24.6 Å². The Bertz CT molecular complexity index is 930. The van der Waals surface area contributed by atoms with Crippen LogP contribution in [0.1, 0.15) is 48.4 Å². The molecule has 6 nitrogen and oxygen atoms in total. The van der Waals surface area contributed by atoms with E-state index in [-0.39, 0.29) is 28.5 Å². The van der Waals surface area contributed by atoms with Crippen LogP contribution in [0.3, 0.4) is 0 Å². The summed E-state index contributed by atoms with van der Waals surface area (Å²) in [5.74, 6) is 1.47. The first-order valence-electron chi connectivity index (χ1n) is 9.99. The lowest BCUT2D eigenvalue weighted by Crippen LogP contribution is -2.37. The molecule has 0 bridgehead atoms. The molecule has 1 fully saturated rings. The maximum absolute atomic E-state index is 12.8. The summed E-state index contributed by atoms with van der Waals surface area (Å²) in [7, 11) is -3.57. The lowest BCUT2D eigenvalue weighted by Gasteiger charge is -2.25. The molecule has 1 aromatic heterocycles. The topological polar surface area (TPSA) is 82.3 Å².